The molecule has 1 aliphatic heterocycles. The summed E-state index contributed by atoms with van der Waals surface area (Å²) in [5, 5.41) is 10.0. The Labute approximate surface area is 185 Å². The number of rotatable bonds is 6. The van der Waals surface area contributed by atoms with Crippen LogP contribution in [0.15, 0.2) is 72.8 Å². The van der Waals surface area contributed by atoms with Crippen LogP contribution in [0.2, 0.25) is 0 Å². The van der Waals surface area contributed by atoms with E-state index in [1.165, 1.54) is 28.7 Å². The van der Waals surface area contributed by atoms with Gasteiger partial charge < -0.3 is 9.84 Å². The van der Waals surface area contributed by atoms with Crippen molar-refractivity contribution in [2.45, 2.75) is 44.1 Å². The lowest BCUT2D eigenvalue weighted by atomic mass is 9.69. The monoisotopic (exact) mass is 413 g/mol. The van der Waals surface area contributed by atoms with Gasteiger partial charge in [-0.15, -0.1) is 0 Å². The Morgan fingerprint density at radius 2 is 1.71 bits per heavy atom. The minimum absolute atomic E-state index is 0.282. The second kappa shape index (κ2) is 8.76. The summed E-state index contributed by atoms with van der Waals surface area (Å²) in [4.78, 5) is 2.44. The molecule has 1 aliphatic carbocycles. The molecule has 31 heavy (non-hydrogen) atoms. The number of phenols is 1. The molecule has 0 bridgehead atoms. The van der Waals surface area contributed by atoms with E-state index < -0.39 is 0 Å². The van der Waals surface area contributed by atoms with Crippen molar-refractivity contribution in [1.82, 2.24) is 4.90 Å². The number of phenolic OH excluding ortho intramolecular Hbond substituents is 1. The Morgan fingerprint density at radius 1 is 0.935 bits per heavy atom. The van der Waals surface area contributed by atoms with Crippen molar-refractivity contribution in [1.29, 1.82) is 0 Å². The van der Waals surface area contributed by atoms with Gasteiger partial charge in [-0.05, 0) is 78.2 Å². The molecule has 5 rings (SSSR count). The highest BCUT2D eigenvalue weighted by molar-refractivity contribution is 5.48. The summed E-state index contributed by atoms with van der Waals surface area (Å²) in [6, 6.07) is 25.5. The van der Waals surface area contributed by atoms with Gasteiger partial charge in [-0.2, -0.15) is 0 Å². The summed E-state index contributed by atoms with van der Waals surface area (Å²) < 4.78 is 6.19. The summed E-state index contributed by atoms with van der Waals surface area (Å²) in [5.74, 6) is 2.03. The molecule has 160 valence electrons. The summed E-state index contributed by atoms with van der Waals surface area (Å²) in [6.07, 6.45) is 3.59. The summed E-state index contributed by atoms with van der Waals surface area (Å²) >= 11 is 0. The smallest absolute Gasteiger partial charge is 0.124 e. The molecule has 3 heteroatoms. The van der Waals surface area contributed by atoms with Crippen LogP contribution >= 0.6 is 0 Å². The fourth-order valence-corrected chi connectivity index (χ4v) is 5.32. The number of aryl methyl sites for hydroxylation is 1. The number of benzene rings is 3. The van der Waals surface area contributed by atoms with E-state index in [0.29, 0.717) is 17.8 Å². The van der Waals surface area contributed by atoms with E-state index in [-0.39, 0.29) is 5.92 Å². The highest BCUT2D eigenvalue weighted by Gasteiger charge is 2.32. The zero-order valence-electron chi connectivity index (χ0n) is 18.2. The van der Waals surface area contributed by atoms with Gasteiger partial charge in [0.15, 0.2) is 0 Å². The molecule has 2 aliphatic rings. The molecule has 0 amide bonds. The number of hydrogen-bond donors (Lipinski definition) is 1. The first kappa shape index (κ1) is 20.1. The third kappa shape index (κ3) is 4.20. The average molecular weight is 414 g/mol. The van der Waals surface area contributed by atoms with Crippen LogP contribution in [0.3, 0.4) is 0 Å². The number of aromatic hydroxyl groups is 1. The van der Waals surface area contributed by atoms with Gasteiger partial charge in [0.2, 0.25) is 0 Å². The van der Waals surface area contributed by atoms with E-state index >= 15 is 0 Å². The minimum atomic E-state index is 0.282. The van der Waals surface area contributed by atoms with Crippen LogP contribution in [0.4, 0.5) is 0 Å². The quantitative estimate of drug-likeness (QED) is 0.560. The highest BCUT2D eigenvalue weighted by Crippen LogP contribution is 2.47. The molecule has 1 saturated heterocycles. The van der Waals surface area contributed by atoms with E-state index in [1.807, 2.05) is 12.1 Å². The summed E-state index contributed by atoms with van der Waals surface area (Å²) in [6.45, 7) is 5.45. The van der Waals surface area contributed by atoms with Gasteiger partial charge in [0, 0.05) is 19.0 Å². The maximum atomic E-state index is 10.0. The molecule has 0 saturated carbocycles. The fraction of sp³-hybridized carbons (Fsp3) is 0.357. The topological polar surface area (TPSA) is 32.7 Å². The van der Waals surface area contributed by atoms with E-state index in [2.05, 4.69) is 72.5 Å². The van der Waals surface area contributed by atoms with Gasteiger partial charge in [-0.25, -0.2) is 0 Å². The Bertz CT molecular complexity index is 1010. The van der Waals surface area contributed by atoms with E-state index in [4.69, 9.17) is 4.74 Å². The van der Waals surface area contributed by atoms with Gasteiger partial charge in [0.25, 0.3) is 0 Å². The minimum Gasteiger partial charge on any atom is -0.508 e. The van der Waals surface area contributed by atoms with Gasteiger partial charge in [0.1, 0.15) is 17.6 Å². The van der Waals surface area contributed by atoms with Gasteiger partial charge in [-0.1, -0.05) is 55.5 Å². The van der Waals surface area contributed by atoms with Gasteiger partial charge in [0.05, 0.1) is 0 Å². The molecule has 1 heterocycles. The van der Waals surface area contributed by atoms with Crippen LogP contribution in [0.1, 0.15) is 53.9 Å². The van der Waals surface area contributed by atoms with Crippen LogP contribution in [-0.4, -0.2) is 35.7 Å². The first-order valence-corrected chi connectivity index (χ1v) is 11.6. The van der Waals surface area contributed by atoms with Crippen molar-refractivity contribution in [2.75, 3.05) is 19.6 Å². The summed E-state index contributed by atoms with van der Waals surface area (Å²) in [5.41, 5.74) is 5.30. The molecular weight excluding hydrogens is 382 g/mol. The van der Waals surface area contributed by atoms with Crippen LogP contribution in [0.5, 0.6) is 11.5 Å². The van der Waals surface area contributed by atoms with Crippen molar-refractivity contribution in [3.63, 3.8) is 0 Å². The highest BCUT2D eigenvalue weighted by atomic mass is 16.5. The summed E-state index contributed by atoms with van der Waals surface area (Å²) in [7, 11) is 0. The van der Waals surface area contributed by atoms with Crippen molar-refractivity contribution < 1.29 is 9.84 Å². The molecule has 0 aromatic heterocycles. The van der Waals surface area contributed by atoms with Crippen molar-refractivity contribution in [2.24, 2.45) is 0 Å². The largest absolute Gasteiger partial charge is 0.508 e. The van der Waals surface area contributed by atoms with E-state index in [0.717, 1.165) is 38.2 Å². The fourth-order valence-electron chi connectivity index (χ4n) is 5.32. The predicted molar refractivity (Wildman–Crippen MR) is 125 cm³/mol. The number of fused-ring (bicyclic) bond motifs is 1. The van der Waals surface area contributed by atoms with Crippen molar-refractivity contribution in [3.05, 3.63) is 95.1 Å². The number of likely N-dealkylation sites (tertiary alicyclic amines) is 1. The molecular formula is C28H31NO2. The molecule has 2 atom stereocenters. The maximum absolute atomic E-state index is 10.0. The van der Waals surface area contributed by atoms with Crippen LogP contribution in [0, 0.1) is 0 Å². The Morgan fingerprint density at radius 3 is 2.45 bits per heavy atom. The second-order valence-corrected chi connectivity index (χ2v) is 8.99. The lowest BCUT2D eigenvalue weighted by Gasteiger charge is -2.39. The van der Waals surface area contributed by atoms with Gasteiger partial charge in [-0.3, -0.25) is 4.90 Å². The van der Waals surface area contributed by atoms with Crippen LogP contribution in [-0.2, 0) is 6.42 Å². The molecule has 0 radical (unpaired) electrons. The lowest BCUT2D eigenvalue weighted by molar-refractivity contribution is 0.0202. The third-order valence-corrected chi connectivity index (χ3v) is 6.82. The normalized spacial score (nSPS) is 21.3. The maximum Gasteiger partial charge on any atom is 0.124 e. The Balaban J connectivity index is 1.40. The predicted octanol–water partition coefficient (Wildman–Crippen LogP) is 5.73. The third-order valence-electron chi connectivity index (χ3n) is 6.82. The van der Waals surface area contributed by atoms with Crippen molar-refractivity contribution >= 4 is 0 Å². The number of ether oxygens (including phenoxy) is 1. The van der Waals surface area contributed by atoms with Gasteiger partial charge >= 0.3 is 0 Å². The number of nitrogens with zero attached hydrogens (tertiary/aromatic N) is 1. The molecule has 0 unspecified atom stereocenters. The first-order valence-electron chi connectivity index (χ1n) is 11.6. The first-order chi connectivity index (χ1) is 15.2. The molecule has 1 fully saturated rings. The molecule has 1 N–H and O–H groups in total. The van der Waals surface area contributed by atoms with E-state index in [9.17, 15) is 5.11 Å². The van der Waals surface area contributed by atoms with Crippen LogP contribution < -0.4 is 4.74 Å². The molecule has 3 nitrogen and oxygen atoms in total. The SMILES string of the molecule is CCCN1CC(Oc2ccc([C@@H]3c4ccc(O)cc4CC[C@@H]3c3ccccc3)cc2)C1. The molecule has 3 aromatic rings. The molecule has 3 aromatic carbocycles. The second-order valence-electron chi connectivity index (χ2n) is 8.99. The number of hydrogen-bond acceptors (Lipinski definition) is 3. The average Bonchev–Trinajstić information content (AvgIpc) is 2.78. The lowest BCUT2D eigenvalue weighted by Crippen LogP contribution is -2.53. The zero-order valence-corrected chi connectivity index (χ0v) is 18.2. The van der Waals surface area contributed by atoms with Crippen LogP contribution in [0.25, 0.3) is 0 Å². The Hall–Kier alpha value is -2.78. The van der Waals surface area contributed by atoms with Crippen molar-refractivity contribution in [3.8, 4) is 11.5 Å². The molecule has 0 spiro atoms. The zero-order chi connectivity index (χ0) is 21.2. The standard InChI is InChI=1S/C28H31NO2/c1-2-16-29-18-25(19-29)31-24-12-8-21(9-13-24)28-26(20-6-4-3-5-7-20)14-10-22-17-23(30)11-15-27(22)28/h3-9,11-13,15,17,25-26,28,30H,2,10,14,16,18-19H2,1H3/t26-,28+/m1/s1. The Kier molecular flexibility index (Phi) is 5.69. The van der Waals surface area contributed by atoms with E-state index in [1.54, 1.807) is 0 Å².